The van der Waals surface area contributed by atoms with Crippen LogP contribution in [-0.2, 0) is 11.3 Å². The van der Waals surface area contributed by atoms with Crippen molar-refractivity contribution in [3.8, 4) is 5.75 Å². The first kappa shape index (κ1) is 17.3. The molecule has 5 heteroatoms. The van der Waals surface area contributed by atoms with Crippen LogP contribution in [0.5, 0.6) is 5.75 Å². The third kappa shape index (κ3) is 8.17. The largest absolute Gasteiger partial charge is 0.492 e. The molecule has 1 aromatic heterocycles. The molecule has 1 N–H and O–H groups in total. The molecule has 0 unspecified atom stereocenters. The first-order valence-electron chi connectivity index (χ1n) is 7.30. The van der Waals surface area contributed by atoms with Crippen LogP contribution in [0.25, 0.3) is 0 Å². The summed E-state index contributed by atoms with van der Waals surface area (Å²) in [5.74, 6) is 1.33. The molecule has 0 aliphatic rings. The molecule has 1 rings (SSSR count). The van der Waals surface area contributed by atoms with Crippen LogP contribution in [-0.4, -0.2) is 23.3 Å². The van der Waals surface area contributed by atoms with E-state index in [1.54, 1.807) is 12.4 Å². The van der Waals surface area contributed by atoms with Gasteiger partial charge in [0.05, 0.1) is 12.8 Å². The Morgan fingerprint density at radius 2 is 2.05 bits per heavy atom. The molecular formula is C16H26N2O3. The first-order chi connectivity index (χ1) is 9.76. The van der Waals surface area contributed by atoms with E-state index in [1.807, 2.05) is 26.8 Å². The monoisotopic (exact) mass is 294 g/mol. The van der Waals surface area contributed by atoms with E-state index < -0.39 is 11.7 Å². The van der Waals surface area contributed by atoms with Crippen molar-refractivity contribution < 1.29 is 14.3 Å². The van der Waals surface area contributed by atoms with Crippen LogP contribution in [0.3, 0.4) is 0 Å². The Hall–Kier alpha value is -1.78. The summed E-state index contributed by atoms with van der Waals surface area (Å²) in [5, 5.41) is 2.70. The Labute approximate surface area is 127 Å². The SMILES string of the molecule is CC(C)CCOc1cncc(CNC(=O)OC(C)(C)C)c1. The number of nitrogens with zero attached hydrogens (tertiary/aromatic N) is 1. The molecule has 1 aromatic rings. The van der Waals surface area contributed by atoms with Gasteiger partial charge in [0.1, 0.15) is 11.4 Å². The summed E-state index contributed by atoms with van der Waals surface area (Å²) in [6, 6.07) is 1.88. The minimum atomic E-state index is -0.496. The number of carbonyl (C=O) groups is 1. The van der Waals surface area contributed by atoms with Crippen LogP contribution in [0.1, 0.15) is 46.6 Å². The number of rotatable bonds is 6. The van der Waals surface area contributed by atoms with Crippen LogP contribution in [0.4, 0.5) is 4.79 Å². The van der Waals surface area contributed by atoms with Crippen molar-refractivity contribution in [2.45, 2.75) is 53.2 Å². The Balaban J connectivity index is 2.43. The number of aromatic nitrogens is 1. The molecule has 1 heterocycles. The van der Waals surface area contributed by atoms with Crippen molar-refractivity contribution in [1.29, 1.82) is 0 Å². The zero-order chi connectivity index (χ0) is 15.9. The lowest BCUT2D eigenvalue weighted by Gasteiger charge is -2.19. The Morgan fingerprint density at radius 3 is 2.67 bits per heavy atom. The second kappa shape index (κ2) is 7.86. The second-order valence-corrected chi connectivity index (χ2v) is 6.42. The van der Waals surface area contributed by atoms with Gasteiger partial charge in [-0.1, -0.05) is 13.8 Å². The smallest absolute Gasteiger partial charge is 0.407 e. The molecule has 0 bridgehead atoms. The molecule has 0 aliphatic heterocycles. The van der Waals surface area contributed by atoms with Crippen LogP contribution in [0, 0.1) is 5.92 Å². The zero-order valence-corrected chi connectivity index (χ0v) is 13.6. The van der Waals surface area contributed by atoms with Gasteiger partial charge in [-0.25, -0.2) is 4.79 Å². The first-order valence-corrected chi connectivity index (χ1v) is 7.30. The number of hydrogen-bond acceptors (Lipinski definition) is 4. The van der Waals surface area contributed by atoms with E-state index >= 15 is 0 Å². The highest BCUT2D eigenvalue weighted by molar-refractivity contribution is 5.67. The minimum absolute atomic E-state index is 0.364. The van der Waals surface area contributed by atoms with Crippen LogP contribution >= 0.6 is 0 Å². The van der Waals surface area contributed by atoms with Crippen LogP contribution in [0.15, 0.2) is 18.5 Å². The van der Waals surface area contributed by atoms with E-state index in [-0.39, 0.29) is 0 Å². The standard InChI is InChI=1S/C16H26N2O3/c1-12(2)6-7-20-14-8-13(9-17-11-14)10-18-15(19)21-16(3,4)5/h8-9,11-12H,6-7,10H2,1-5H3,(H,18,19). The van der Waals surface area contributed by atoms with Gasteiger partial charge in [-0.2, -0.15) is 0 Å². The maximum Gasteiger partial charge on any atom is 0.407 e. The Morgan fingerprint density at radius 1 is 1.33 bits per heavy atom. The zero-order valence-electron chi connectivity index (χ0n) is 13.6. The van der Waals surface area contributed by atoms with Crippen molar-refractivity contribution in [3.63, 3.8) is 0 Å². The van der Waals surface area contributed by atoms with Crippen molar-refractivity contribution in [2.24, 2.45) is 5.92 Å². The van der Waals surface area contributed by atoms with Crippen LogP contribution in [0.2, 0.25) is 0 Å². The summed E-state index contributed by atoms with van der Waals surface area (Å²) >= 11 is 0. The normalized spacial score (nSPS) is 11.3. The molecular weight excluding hydrogens is 268 g/mol. The highest BCUT2D eigenvalue weighted by Crippen LogP contribution is 2.13. The van der Waals surface area contributed by atoms with Crippen molar-refractivity contribution in [1.82, 2.24) is 10.3 Å². The average molecular weight is 294 g/mol. The number of pyridine rings is 1. The highest BCUT2D eigenvalue weighted by atomic mass is 16.6. The summed E-state index contributed by atoms with van der Waals surface area (Å²) < 4.78 is 10.8. The van der Waals surface area contributed by atoms with Gasteiger partial charge in [0.2, 0.25) is 0 Å². The lowest BCUT2D eigenvalue weighted by atomic mass is 10.1. The maximum atomic E-state index is 11.6. The number of hydrogen-bond donors (Lipinski definition) is 1. The van der Waals surface area contributed by atoms with E-state index in [4.69, 9.17) is 9.47 Å². The second-order valence-electron chi connectivity index (χ2n) is 6.42. The molecule has 21 heavy (non-hydrogen) atoms. The van der Waals surface area contributed by atoms with Gasteiger partial charge >= 0.3 is 6.09 Å². The molecule has 5 nitrogen and oxygen atoms in total. The van der Waals surface area contributed by atoms with Gasteiger partial charge in [-0.15, -0.1) is 0 Å². The Bertz CT molecular complexity index is 453. The van der Waals surface area contributed by atoms with E-state index in [2.05, 4.69) is 24.1 Å². The summed E-state index contributed by atoms with van der Waals surface area (Å²) in [6.45, 7) is 10.8. The molecule has 0 fully saturated rings. The molecule has 0 saturated carbocycles. The van der Waals surface area contributed by atoms with E-state index in [9.17, 15) is 4.79 Å². The molecule has 118 valence electrons. The number of amides is 1. The van der Waals surface area contributed by atoms with Gasteiger partial charge in [0.15, 0.2) is 0 Å². The maximum absolute atomic E-state index is 11.6. The fourth-order valence-electron chi connectivity index (χ4n) is 1.54. The third-order valence-corrected chi connectivity index (χ3v) is 2.57. The lowest BCUT2D eigenvalue weighted by Crippen LogP contribution is -2.32. The van der Waals surface area contributed by atoms with Crippen LogP contribution < -0.4 is 10.1 Å². The third-order valence-electron chi connectivity index (χ3n) is 2.57. The molecule has 0 aliphatic carbocycles. The number of alkyl carbamates (subject to hydrolysis) is 1. The molecule has 0 spiro atoms. The van der Waals surface area contributed by atoms with Gasteiger partial charge in [-0.05, 0) is 44.7 Å². The van der Waals surface area contributed by atoms with Crippen molar-refractivity contribution in [3.05, 3.63) is 24.0 Å². The Kier molecular flexibility index (Phi) is 6.46. The summed E-state index contributed by atoms with van der Waals surface area (Å²) in [5.41, 5.74) is 0.382. The van der Waals surface area contributed by atoms with Gasteiger partial charge in [0.25, 0.3) is 0 Å². The van der Waals surface area contributed by atoms with Crippen molar-refractivity contribution in [2.75, 3.05) is 6.61 Å². The number of nitrogens with one attached hydrogen (secondary N) is 1. The molecule has 0 radical (unpaired) electrons. The van der Waals surface area contributed by atoms with Gasteiger partial charge in [-0.3, -0.25) is 4.98 Å². The van der Waals surface area contributed by atoms with E-state index in [0.717, 1.165) is 17.7 Å². The predicted octanol–water partition coefficient (Wildman–Crippen LogP) is 3.53. The fraction of sp³-hybridized carbons (Fsp3) is 0.625. The van der Waals surface area contributed by atoms with Gasteiger partial charge < -0.3 is 14.8 Å². The average Bonchev–Trinajstić information content (AvgIpc) is 2.34. The predicted molar refractivity (Wildman–Crippen MR) is 82.3 cm³/mol. The summed E-state index contributed by atoms with van der Waals surface area (Å²) in [4.78, 5) is 15.7. The van der Waals surface area contributed by atoms with E-state index in [1.165, 1.54) is 0 Å². The number of ether oxygens (including phenoxy) is 2. The van der Waals surface area contributed by atoms with Gasteiger partial charge in [0, 0.05) is 12.7 Å². The molecule has 0 aromatic carbocycles. The number of carbonyl (C=O) groups excluding carboxylic acids is 1. The topological polar surface area (TPSA) is 60.5 Å². The quantitative estimate of drug-likeness (QED) is 0.872. The fourth-order valence-corrected chi connectivity index (χ4v) is 1.54. The summed E-state index contributed by atoms with van der Waals surface area (Å²) in [6.07, 6.45) is 3.94. The highest BCUT2D eigenvalue weighted by Gasteiger charge is 2.15. The summed E-state index contributed by atoms with van der Waals surface area (Å²) in [7, 11) is 0. The minimum Gasteiger partial charge on any atom is -0.492 e. The van der Waals surface area contributed by atoms with E-state index in [0.29, 0.717) is 19.1 Å². The molecule has 0 atom stereocenters. The molecule has 1 amide bonds. The molecule has 0 saturated heterocycles. The van der Waals surface area contributed by atoms with Crippen molar-refractivity contribution >= 4 is 6.09 Å². The lowest BCUT2D eigenvalue weighted by molar-refractivity contribution is 0.0523.